The normalized spacial score (nSPS) is 10.3. The molecule has 0 heterocycles. The zero-order chi connectivity index (χ0) is 14.7. The van der Waals surface area contributed by atoms with Crippen LogP contribution < -0.4 is 4.90 Å². The van der Waals surface area contributed by atoms with Gasteiger partial charge in [0.15, 0.2) is 0 Å². The number of anilines is 1. The van der Waals surface area contributed by atoms with Crippen LogP contribution in [0.3, 0.4) is 0 Å². The first-order valence-corrected chi connectivity index (χ1v) is 6.46. The Morgan fingerprint density at radius 3 is 2.65 bits per heavy atom. The van der Waals surface area contributed by atoms with Gasteiger partial charge in [0.1, 0.15) is 11.6 Å². The predicted molar refractivity (Wildman–Crippen MR) is 76.9 cm³/mol. The Labute approximate surface area is 121 Å². The molecule has 1 amide bonds. The molecule has 3 nitrogen and oxygen atoms in total. The topological polar surface area (TPSA) is 40.5 Å². The van der Waals surface area contributed by atoms with E-state index in [1.807, 2.05) is 6.92 Å². The first-order valence-electron chi connectivity index (χ1n) is 6.09. The molecule has 0 radical (unpaired) electrons. The van der Waals surface area contributed by atoms with E-state index in [0.29, 0.717) is 17.8 Å². The zero-order valence-electron chi connectivity index (χ0n) is 10.8. The number of rotatable bonds is 3. The van der Waals surface area contributed by atoms with Crippen LogP contribution >= 0.6 is 11.6 Å². The molecule has 1 N–H and O–H groups in total. The van der Waals surface area contributed by atoms with E-state index in [0.717, 1.165) is 6.07 Å². The summed E-state index contributed by atoms with van der Waals surface area (Å²) in [6.45, 7) is 2.23. The molecule has 0 bridgehead atoms. The summed E-state index contributed by atoms with van der Waals surface area (Å²) < 4.78 is 13.1. The second-order valence-electron chi connectivity index (χ2n) is 4.20. The van der Waals surface area contributed by atoms with Crippen molar-refractivity contribution >= 4 is 23.2 Å². The van der Waals surface area contributed by atoms with E-state index in [1.165, 1.54) is 29.2 Å². The maximum atomic E-state index is 13.1. The van der Waals surface area contributed by atoms with Gasteiger partial charge < -0.3 is 10.0 Å². The van der Waals surface area contributed by atoms with E-state index >= 15 is 0 Å². The van der Waals surface area contributed by atoms with Crippen LogP contribution in [0.25, 0.3) is 0 Å². The van der Waals surface area contributed by atoms with Gasteiger partial charge in [0.05, 0.1) is 5.02 Å². The van der Waals surface area contributed by atoms with Crippen molar-refractivity contribution in [2.45, 2.75) is 6.92 Å². The minimum atomic E-state index is -0.566. The average molecular weight is 294 g/mol. The first kappa shape index (κ1) is 14.3. The lowest BCUT2D eigenvalue weighted by molar-refractivity contribution is 0.0988. The van der Waals surface area contributed by atoms with Crippen LogP contribution in [0.4, 0.5) is 10.1 Å². The summed E-state index contributed by atoms with van der Waals surface area (Å²) >= 11 is 5.69. The molecule has 0 spiro atoms. The van der Waals surface area contributed by atoms with Crippen LogP contribution in [0.2, 0.25) is 5.02 Å². The summed E-state index contributed by atoms with van der Waals surface area (Å²) in [5, 5.41) is 9.39. The number of nitrogens with zero attached hydrogens (tertiary/aromatic N) is 1. The van der Waals surface area contributed by atoms with Gasteiger partial charge in [-0.25, -0.2) is 4.39 Å². The highest BCUT2D eigenvalue weighted by Crippen LogP contribution is 2.23. The number of hydrogen-bond donors (Lipinski definition) is 1. The van der Waals surface area contributed by atoms with Crippen molar-refractivity contribution in [2.75, 3.05) is 11.4 Å². The van der Waals surface area contributed by atoms with Crippen molar-refractivity contribution in [3.63, 3.8) is 0 Å². The highest BCUT2D eigenvalue weighted by atomic mass is 35.5. The number of aromatic hydroxyl groups is 1. The summed E-state index contributed by atoms with van der Waals surface area (Å²) in [6, 6.07) is 10.2. The Kier molecular flexibility index (Phi) is 4.25. The number of phenolic OH excluding ortho intramolecular Hbond substituents is 1. The van der Waals surface area contributed by atoms with Crippen LogP contribution in [0.5, 0.6) is 5.75 Å². The van der Waals surface area contributed by atoms with E-state index < -0.39 is 5.82 Å². The van der Waals surface area contributed by atoms with Crippen LogP contribution in [-0.4, -0.2) is 17.6 Å². The molecule has 0 aliphatic heterocycles. The quantitative estimate of drug-likeness (QED) is 0.934. The number of benzene rings is 2. The molecule has 0 atom stereocenters. The van der Waals surface area contributed by atoms with Gasteiger partial charge >= 0.3 is 0 Å². The van der Waals surface area contributed by atoms with Gasteiger partial charge in [-0.1, -0.05) is 17.7 Å². The van der Waals surface area contributed by atoms with Crippen molar-refractivity contribution in [2.24, 2.45) is 0 Å². The number of halogens is 2. The Balaban J connectivity index is 2.36. The molecule has 5 heteroatoms. The van der Waals surface area contributed by atoms with E-state index in [4.69, 9.17) is 11.6 Å². The van der Waals surface area contributed by atoms with Crippen molar-refractivity contribution in [3.05, 3.63) is 58.9 Å². The van der Waals surface area contributed by atoms with Crippen molar-refractivity contribution < 1.29 is 14.3 Å². The molecule has 0 fully saturated rings. The predicted octanol–water partition coefficient (Wildman–Crippen LogP) is 3.85. The SMILES string of the molecule is CCN(C(=O)c1ccc(F)c(Cl)c1)c1cccc(O)c1. The van der Waals surface area contributed by atoms with Gasteiger partial charge in [-0.2, -0.15) is 0 Å². The van der Waals surface area contributed by atoms with E-state index in [2.05, 4.69) is 0 Å². The van der Waals surface area contributed by atoms with Gasteiger partial charge in [-0.05, 0) is 37.3 Å². The van der Waals surface area contributed by atoms with Crippen LogP contribution in [-0.2, 0) is 0 Å². The molecular weight excluding hydrogens is 281 g/mol. The molecule has 20 heavy (non-hydrogen) atoms. The molecule has 0 aliphatic rings. The van der Waals surface area contributed by atoms with Gasteiger partial charge in [0, 0.05) is 23.9 Å². The third-order valence-corrected chi connectivity index (χ3v) is 3.16. The summed E-state index contributed by atoms with van der Waals surface area (Å²) in [7, 11) is 0. The van der Waals surface area contributed by atoms with Crippen molar-refractivity contribution in [1.29, 1.82) is 0 Å². The van der Waals surface area contributed by atoms with E-state index in [-0.39, 0.29) is 16.7 Å². The highest BCUT2D eigenvalue weighted by molar-refractivity contribution is 6.31. The maximum Gasteiger partial charge on any atom is 0.258 e. The Morgan fingerprint density at radius 2 is 2.05 bits per heavy atom. The van der Waals surface area contributed by atoms with Gasteiger partial charge in [-0.15, -0.1) is 0 Å². The van der Waals surface area contributed by atoms with Gasteiger partial charge in [0.2, 0.25) is 0 Å². The third kappa shape index (κ3) is 2.91. The van der Waals surface area contributed by atoms with Crippen molar-refractivity contribution in [1.82, 2.24) is 0 Å². The van der Waals surface area contributed by atoms with E-state index in [9.17, 15) is 14.3 Å². The maximum absolute atomic E-state index is 13.1. The number of amides is 1. The number of phenols is 1. The third-order valence-electron chi connectivity index (χ3n) is 2.87. The molecule has 2 aromatic carbocycles. The number of hydrogen-bond acceptors (Lipinski definition) is 2. The minimum Gasteiger partial charge on any atom is -0.508 e. The number of carbonyl (C=O) groups excluding carboxylic acids is 1. The lowest BCUT2D eigenvalue weighted by atomic mass is 10.1. The monoisotopic (exact) mass is 293 g/mol. The van der Waals surface area contributed by atoms with Crippen LogP contribution in [0, 0.1) is 5.82 Å². The largest absolute Gasteiger partial charge is 0.508 e. The van der Waals surface area contributed by atoms with Gasteiger partial charge in [-0.3, -0.25) is 4.79 Å². The standard InChI is InChI=1S/C15H13ClFNO2/c1-2-18(11-4-3-5-12(19)9-11)15(20)10-6-7-14(17)13(16)8-10/h3-9,19H,2H2,1H3. The fourth-order valence-electron chi connectivity index (χ4n) is 1.89. The second-order valence-corrected chi connectivity index (χ2v) is 4.61. The Hall–Kier alpha value is -2.07. The van der Waals surface area contributed by atoms with E-state index in [1.54, 1.807) is 12.1 Å². The first-order chi connectivity index (χ1) is 9.52. The lowest BCUT2D eigenvalue weighted by Gasteiger charge is -2.21. The average Bonchev–Trinajstić information content (AvgIpc) is 2.42. The second kappa shape index (κ2) is 5.92. The lowest BCUT2D eigenvalue weighted by Crippen LogP contribution is -2.30. The Bertz CT molecular complexity index is 646. The number of carbonyl (C=O) groups is 1. The van der Waals surface area contributed by atoms with Crippen LogP contribution in [0.1, 0.15) is 17.3 Å². The molecular formula is C15H13ClFNO2. The molecule has 0 saturated heterocycles. The summed E-state index contributed by atoms with van der Waals surface area (Å²) in [5.74, 6) is -0.797. The van der Waals surface area contributed by atoms with Crippen molar-refractivity contribution in [3.8, 4) is 5.75 Å². The molecule has 104 valence electrons. The fourth-order valence-corrected chi connectivity index (χ4v) is 2.07. The summed E-state index contributed by atoms with van der Waals surface area (Å²) in [4.78, 5) is 13.9. The molecule has 0 aromatic heterocycles. The highest BCUT2D eigenvalue weighted by Gasteiger charge is 2.17. The zero-order valence-corrected chi connectivity index (χ0v) is 11.6. The summed E-state index contributed by atoms with van der Waals surface area (Å²) in [6.07, 6.45) is 0. The molecule has 0 unspecified atom stereocenters. The smallest absolute Gasteiger partial charge is 0.258 e. The fraction of sp³-hybridized carbons (Fsp3) is 0.133. The molecule has 2 rings (SSSR count). The molecule has 0 aliphatic carbocycles. The van der Waals surface area contributed by atoms with Gasteiger partial charge in [0.25, 0.3) is 5.91 Å². The summed E-state index contributed by atoms with van der Waals surface area (Å²) in [5.41, 5.74) is 0.861. The molecule has 0 saturated carbocycles. The Morgan fingerprint density at radius 1 is 1.30 bits per heavy atom. The minimum absolute atomic E-state index is 0.0749. The van der Waals surface area contributed by atoms with Crippen LogP contribution in [0.15, 0.2) is 42.5 Å². The molecule has 2 aromatic rings.